The van der Waals surface area contributed by atoms with Crippen molar-refractivity contribution in [1.82, 2.24) is 9.88 Å². The zero-order valence-electron chi connectivity index (χ0n) is 10.8. The third-order valence-electron chi connectivity index (χ3n) is 2.63. The molecule has 10 heteroatoms. The van der Waals surface area contributed by atoms with E-state index in [4.69, 9.17) is 39.5 Å². The van der Waals surface area contributed by atoms with Gasteiger partial charge in [-0.1, -0.05) is 58.3 Å². The lowest BCUT2D eigenvalue weighted by molar-refractivity contribution is -0.151. The van der Waals surface area contributed by atoms with Crippen molar-refractivity contribution in [1.29, 1.82) is 0 Å². The van der Waals surface area contributed by atoms with E-state index >= 15 is 0 Å². The van der Waals surface area contributed by atoms with Gasteiger partial charge in [0.25, 0.3) is 0 Å². The average molecular weight is 384 g/mol. The Labute approximate surface area is 143 Å². The van der Waals surface area contributed by atoms with Gasteiger partial charge in [0.2, 0.25) is 16.4 Å². The fourth-order valence-corrected chi connectivity index (χ4v) is 2.93. The molecule has 6 nitrogen and oxygen atoms in total. The molecule has 1 aromatic carbocycles. The lowest BCUT2D eigenvalue weighted by Crippen LogP contribution is -2.44. The molecular weight excluding hydrogens is 375 g/mol. The van der Waals surface area contributed by atoms with Crippen molar-refractivity contribution in [2.45, 2.75) is 16.6 Å². The number of hydrogen-bond acceptors (Lipinski definition) is 5. The van der Waals surface area contributed by atoms with Gasteiger partial charge in [-0.3, -0.25) is 19.0 Å². The number of nitrogens with one attached hydrogen (secondary N) is 1. The number of rotatable bonds is 5. The van der Waals surface area contributed by atoms with Crippen LogP contribution in [0.15, 0.2) is 29.1 Å². The molecule has 0 aliphatic rings. The maximum Gasteiger partial charge on any atom is 0.328 e. The molecule has 0 saturated carbocycles. The van der Waals surface area contributed by atoms with Crippen molar-refractivity contribution in [2.24, 2.45) is 0 Å². The van der Waals surface area contributed by atoms with Crippen molar-refractivity contribution in [3.63, 3.8) is 0 Å². The summed E-state index contributed by atoms with van der Waals surface area (Å²) in [5.74, 6) is -0.823. The number of thiazole rings is 1. The summed E-state index contributed by atoms with van der Waals surface area (Å²) >= 11 is 17.8. The Morgan fingerprint density at radius 2 is 2.09 bits per heavy atom. The van der Waals surface area contributed by atoms with E-state index in [9.17, 15) is 14.4 Å². The minimum Gasteiger partial charge on any atom is -0.436 e. The van der Waals surface area contributed by atoms with E-state index in [1.54, 1.807) is 24.3 Å². The van der Waals surface area contributed by atoms with Crippen LogP contribution in [0.3, 0.4) is 0 Å². The van der Waals surface area contributed by atoms with Crippen LogP contribution in [-0.2, 0) is 20.9 Å². The highest BCUT2D eigenvalue weighted by Gasteiger charge is 2.36. The van der Waals surface area contributed by atoms with E-state index < -0.39 is 16.0 Å². The van der Waals surface area contributed by atoms with Gasteiger partial charge < -0.3 is 10.1 Å². The number of nitrogens with zero attached hydrogens (tertiary/aromatic N) is 1. The number of esters is 1. The standard InChI is InChI=1S/C12H9Cl3N2O4S/c13-12(14,15)10(16-6-18)21-9(19)5-17-7-3-1-2-4-8(7)22-11(17)20/h1-4,6,10H,5H2,(H,16,18)/t10-/m0/s1. The number of alkyl halides is 3. The first-order valence-corrected chi connectivity index (χ1v) is 7.82. The number of para-hydroxylation sites is 1. The molecule has 22 heavy (non-hydrogen) atoms. The van der Waals surface area contributed by atoms with Crippen molar-refractivity contribution in [3.8, 4) is 0 Å². The number of amides is 1. The SMILES string of the molecule is O=CN[C@@H](OC(=O)Cn1c(=O)sc2ccccc21)C(Cl)(Cl)Cl. The molecule has 0 fully saturated rings. The number of carbonyl (C=O) groups is 2. The second kappa shape index (κ2) is 6.87. The molecule has 0 saturated heterocycles. The molecule has 0 aliphatic heterocycles. The smallest absolute Gasteiger partial charge is 0.328 e. The predicted octanol–water partition coefficient (Wildman–Crippen LogP) is 2.05. The van der Waals surface area contributed by atoms with E-state index in [0.29, 0.717) is 5.52 Å². The summed E-state index contributed by atoms with van der Waals surface area (Å²) in [5, 5.41) is 2.08. The third kappa shape index (κ3) is 3.92. The Morgan fingerprint density at radius 3 is 2.73 bits per heavy atom. The summed E-state index contributed by atoms with van der Waals surface area (Å²) in [7, 11) is 0. The van der Waals surface area contributed by atoms with Gasteiger partial charge in [-0.15, -0.1) is 0 Å². The molecule has 0 radical (unpaired) electrons. The van der Waals surface area contributed by atoms with Crippen molar-refractivity contribution in [3.05, 3.63) is 33.9 Å². The number of carbonyl (C=O) groups excluding carboxylic acids is 2. The van der Waals surface area contributed by atoms with Crippen LogP contribution in [0.25, 0.3) is 10.2 Å². The third-order valence-corrected chi connectivity index (χ3v) is 4.18. The molecule has 0 spiro atoms. The predicted molar refractivity (Wildman–Crippen MR) is 85.5 cm³/mol. The molecule has 2 aromatic rings. The van der Waals surface area contributed by atoms with Gasteiger partial charge in [0.05, 0.1) is 10.2 Å². The molecule has 0 aliphatic carbocycles. The van der Waals surface area contributed by atoms with Crippen molar-refractivity contribution >= 4 is 68.7 Å². The number of ether oxygens (including phenoxy) is 1. The fourth-order valence-electron chi connectivity index (χ4n) is 1.72. The normalized spacial score (nSPS) is 12.9. The summed E-state index contributed by atoms with van der Waals surface area (Å²) < 4.78 is 4.86. The largest absolute Gasteiger partial charge is 0.436 e. The number of aromatic nitrogens is 1. The molecule has 1 amide bonds. The first-order valence-electron chi connectivity index (χ1n) is 5.87. The highest BCUT2D eigenvalue weighted by atomic mass is 35.6. The van der Waals surface area contributed by atoms with E-state index in [1.807, 2.05) is 0 Å². The summed E-state index contributed by atoms with van der Waals surface area (Å²) in [6.45, 7) is -0.360. The highest BCUT2D eigenvalue weighted by molar-refractivity contribution is 7.16. The zero-order valence-corrected chi connectivity index (χ0v) is 13.9. The van der Waals surface area contributed by atoms with Crippen LogP contribution in [0.4, 0.5) is 0 Å². The Morgan fingerprint density at radius 1 is 1.41 bits per heavy atom. The molecule has 2 rings (SSSR count). The monoisotopic (exact) mass is 382 g/mol. The summed E-state index contributed by atoms with van der Waals surface area (Å²) in [6.07, 6.45) is -1.21. The van der Waals surface area contributed by atoms with Crippen molar-refractivity contribution in [2.75, 3.05) is 0 Å². The van der Waals surface area contributed by atoms with Crippen LogP contribution < -0.4 is 10.2 Å². The maximum atomic E-state index is 11.9. The van der Waals surface area contributed by atoms with Gasteiger partial charge in [0.1, 0.15) is 6.54 Å². The first-order chi connectivity index (χ1) is 10.3. The van der Waals surface area contributed by atoms with Crippen molar-refractivity contribution < 1.29 is 14.3 Å². The quantitative estimate of drug-likeness (QED) is 0.371. The van der Waals surface area contributed by atoms with E-state index in [2.05, 4.69) is 5.32 Å². The van der Waals surface area contributed by atoms with Gasteiger partial charge in [0, 0.05) is 0 Å². The van der Waals surface area contributed by atoms with Gasteiger partial charge in [-0.25, -0.2) is 0 Å². The molecule has 1 aromatic heterocycles. The minimum atomic E-state index is -2.03. The van der Waals surface area contributed by atoms with E-state index in [0.717, 1.165) is 16.0 Å². The van der Waals surface area contributed by atoms with Crippen LogP contribution in [0.2, 0.25) is 0 Å². The van der Waals surface area contributed by atoms with Crippen LogP contribution in [0, 0.1) is 0 Å². The van der Waals surface area contributed by atoms with E-state index in [-0.39, 0.29) is 17.8 Å². The maximum absolute atomic E-state index is 11.9. The Kier molecular flexibility index (Phi) is 5.33. The second-order valence-electron chi connectivity index (χ2n) is 4.12. The molecular formula is C12H9Cl3N2O4S. The number of benzene rings is 1. The molecule has 0 unspecified atom stereocenters. The highest BCUT2D eigenvalue weighted by Crippen LogP contribution is 2.30. The van der Waals surface area contributed by atoms with Crippen LogP contribution in [0.5, 0.6) is 0 Å². The molecule has 1 atom stereocenters. The molecule has 1 heterocycles. The molecule has 0 bridgehead atoms. The lowest BCUT2D eigenvalue weighted by Gasteiger charge is -2.23. The van der Waals surface area contributed by atoms with Gasteiger partial charge in [-0.05, 0) is 12.1 Å². The lowest BCUT2D eigenvalue weighted by atomic mass is 10.3. The Hall–Kier alpha value is -1.28. The van der Waals surface area contributed by atoms with Gasteiger partial charge in [-0.2, -0.15) is 0 Å². The number of halogens is 3. The molecule has 118 valence electrons. The summed E-state index contributed by atoms with van der Waals surface area (Å²) in [6, 6.07) is 7.00. The fraction of sp³-hybridized carbons (Fsp3) is 0.250. The van der Waals surface area contributed by atoms with Crippen LogP contribution in [-0.4, -0.2) is 27.0 Å². The summed E-state index contributed by atoms with van der Waals surface area (Å²) in [4.78, 5) is 34.0. The van der Waals surface area contributed by atoms with Gasteiger partial charge in [0.15, 0.2) is 0 Å². The summed E-state index contributed by atoms with van der Waals surface area (Å²) in [5.41, 5.74) is 0.600. The minimum absolute atomic E-state index is 0.242. The van der Waals surface area contributed by atoms with Crippen LogP contribution in [0.1, 0.15) is 0 Å². The van der Waals surface area contributed by atoms with Crippen LogP contribution >= 0.6 is 46.1 Å². The Bertz CT molecular complexity index is 753. The molecule has 1 N–H and O–H groups in total. The topological polar surface area (TPSA) is 77.4 Å². The first kappa shape index (κ1) is 17.1. The average Bonchev–Trinajstić information content (AvgIpc) is 2.74. The zero-order chi connectivity index (χ0) is 16.3. The van der Waals surface area contributed by atoms with E-state index in [1.165, 1.54) is 4.57 Å². The number of fused-ring (bicyclic) bond motifs is 1. The second-order valence-corrected chi connectivity index (χ2v) is 7.48. The number of hydrogen-bond donors (Lipinski definition) is 1. The van der Waals surface area contributed by atoms with Gasteiger partial charge >= 0.3 is 10.8 Å². The Balaban J connectivity index is 2.19.